The fourth-order valence-corrected chi connectivity index (χ4v) is 1.70. The number of hydrogen-bond donors (Lipinski definition) is 2. The van der Waals surface area contributed by atoms with Gasteiger partial charge in [-0.05, 0) is 23.8 Å². The van der Waals surface area contributed by atoms with Gasteiger partial charge in [-0.1, -0.05) is 18.2 Å². The van der Waals surface area contributed by atoms with Crippen LogP contribution in [-0.2, 0) is 12.7 Å². The Morgan fingerprint density at radius 1 is 1.19 bits per heavy atom. The summed E-state index contributed by atoms with van der Waals surface area (Å²) in [6.45, 7) is 0.233. The van der Waals surface area contributed by atoms with Gasteiger partial charge in [0.25, 0.3) is 5.91 Å². The van der Waals surface area contributed by atoms with Crippen LogP contribution in [0.3, 0.4) is 0 Å². The molecule has 0 aliphatic heterocycles. The molecule has 0 aliphatic carbocycles. The first-order valence-corrected chi connectivity index (χ1v) is 6.04. The Balaban J connectivity index is 2.17. The number of pyridine rings is 1. The van der Waals surface area contributed by atoms with E-state index in [4.69, 9.17) is 5.73 Å². The van der Waals surface area contributed by atoms with Crippen LogP contribution >= 0.6 is 0 Å². The Morgan fingerprint density at radius 2 is 1.90 bits per heavy atom. The molecule has 7 heteroatoms. The van der Waals surface area contributed by atoms with Crippen LogP contribution in [0.4, 0.5) is 18.9 Å². The second kappa shape index (κ2) is 5.92. The van der Waals surface area contributed by atoms with Crippen molar-refractivity contribution in [3.8, 4) is 0 Å². The zero-order chi connectivity index (χ0) is 15.5. The normalized spacial score (nSPS) is 11.2. The summed E-state index contributed by atoms with van der Waals surface area (Å²) in [6.07, 6.45) is -3.85. The zero-order valence-corrected chi connectivity index (χ0v) is 10.8. The average Bonchev–Trinajstić information content (AvgIpc) is 2.47. The molecule has 0 saturated carbocycles. The van der Waals surface area contributed by atoms with Crippen LogP contribution in [0, 0.1) is 0 Å². The molecule has 1 amide bonds. The lowest BCUT2D eigenvalue weighted by Crippen LogP contribution is -2.16. The summed E-state index contributed by atoms with van der Waals surface area (Å²) in [5, 5.41) is 2.57. The van der Waals surface area contributed by atoms with Crippen molar-refractivity contribution >= 4 is 11.6 Å². The molecule has 2 aromatic rings. The van der Waals surface area contributed by atoms with E-state index in [9.17, 15) is 18.0 Å². The maximum absolute atomic E-state index is 12.4. The Bertz CT molecular complexity index is 639. The second-order valence-corrected chi connectivity index (χ2v) is 4.25. The van der Waals surface area contributed by atoms with Gasteiger partial charge < -0.3 is 11.1 Å². The van der Waals surface area contributed by atoms with Crippen molar-refractivity contribution in [3.05, 3.63) is 59.4 Å². The maximum atomic E-state index is 12.4. The molecule has 0 radical (unpaired) electrons. The molecule has 1 heterocycles. The number of nitrogens with one attached hydrogen (secondary N) is 1. The van der Waals surface area contributed by atoms with E-state index < -0.39 is 17.6 Å². The minimum atomic E-state index is -4.48. The number of benzene rings is 1. The van der Waals surface area contributed by atoms with E-state index in [-0.39, 0.29) is 12.2 Å². The molecule has 0 unspecified atom stereocenters. The van der Waals surface area contributed by atoms with Crippen LogP contribution in [0.25, 0.3) is 0 Å². The van der Waals surface area contributed by atoms with E-state index in [1.54, 1.807) is 24.3 Å². The molecule has 1 aromatic heterocycles. The number of halogens is 3. The maximum Gasteiger partial charge on any atom is 0.417 e. The quantitative estimate of drug-likeness (QED) is 0.915. The fourth-order valence-electron chi connectivity index (χ4n) is 1.70. The molecular weight excluding hydrogens is 283 g/mol. The average molecular weight is 295 g/mol. The number of aromatic nitrogens is 1. The van der Waals surface area contributed by atoms with Gasteiger partial charge in [0.2, 0.25) is 0 Å². The number of amides is 1. The van der Waals surface area contributed by atoms with Gasteiger partial charge in [-0.25, -0.2) is 0 Å². The van der Waals surface area contributed by atoms with Gasteiger partial charge >= 0.3 is 6.18 Å². The Morgan fingerprint density at radius 3 is 2.48 bits per heavy atom. The molecule has 0 atom stereocenters. The van der Waals surface area contributed by atoms with Crippen LogP contribution in [-0.4, -0.2) is 10.9 Å². The van der Waals surface area contributed by atoms with E-state index >= 15 is 0 Å². The lowest BCUT2D eigenvalue weighted by molar-refractivity contribution is -0.137. The topological polar surface area (TPSA) is 68.0 Å². The first kappa shape index (κ1) is 15.0. The molecule has 0 aliphatic rings. The molecule has 0 fully saturated rings. The highest BCUT2D eigenvalue weighted by Crippen LogP contribution is 2.28. The number of nitrogens with zero attached hydrogens (tertiary/aromatic N) is 1. The summed E-state index contributed by atoms with van der Waals surface area (Å²) < 4.78 is 37.2. The van der Waals surface area contributed by atoms with Crippen LogP contribution in [0.1, 0.15) is 21.6 Å². The van der Waals surface area contributed by atoms with E-state index in [0.29, 0.717) is 11.9 Å². The second-order valence-electron chi connectivity index (χ2n) is 4.25. The SMILES string of the molecule is NCc1ccccc1NC(=O)c1ccc(C(F)(F)F)cn1. The van der Waals surface area contributed by atoms with Gasteiger partial charge in [0, 0.05) is 18.4 Å². The molecular formula is C14H12F3N3O. The van der Waals surface area contributed by atoms with Crippen molar-refractivity contribution in [2.24, 2.45) is 5.73 Å². The van der Waals surface area contributed by atoms with Gasteiger partial charge in [-0.15, -0.1) is 0 Å². The molecule has 110 valence electrons. The Kier molecular flexibility index (Phi) is 4.23. The number of rotatable bonds is 3. The van der Waals surface area contributed by atoms with Crippen molar-refractivity contribution in [2.45, 2.75) is 12.7 Å². The zero-order valence-electron chi connectivity index (χ0n) is 10.8. The summed E-state index contributed by atoms with van der Waals surface area (Å²) in [5.74, 6) is -0.593. The number of hydrogen-bond acceptors (Lipinski definition) is 3. The molecule has 4 nitrogen and oxygen atoms in total. The first-order chi connectivity index (χ1) is 9.91. The largest absolute Gasteiger partial charge is 0.417 e. The van der Waals surface area contributed by atoms with E-state index in [2.05, 4.69) is 10.3 Å². The lowest BCUT2D eigenvalue weighted by atomic mass is 10.1. The molecule has 1 aromatic carbocycles. The van der Waals surface area contributed by atoms with Crippen molar-refractivity contribution in [2.75, 3.05) is 5.32 Å². The third-order valence-corrected chi connectivity index (χ3v) is 2.81. The number of carbonyl (C=O) groups is 1. The number of nitrogens with two attached hydrogens (primary N) is 1. The summed E-state index contributed by atoms with van der Waals surface area (Å²) in [6, 6.07) is 8.74. The van der Waals surface area contributed by atoms with Crippen LogP contribution in [0.15, 0.2) is 42.6 Å². The van der Waals surface area contributed by atoms with Gasteiger partial charge in [-0.3, -0.25) is 9.78 Å². The van der Waals surface area contributed by atoms with Gasteiger partial charge in [0.05, 0.1) is 5.56 Å². The van der Waals surface area contributed by atoms with Crippen molar-refractivity contribution < 1.29 is 18.0 Å². The smallest absolute Gasteiger partial charge is 0.326 e. The van der Waals surface area contributed by atoms with Crippen molar-refractivity contribution in [3.63, 3.8) is 0 Å². The molecule has 0 bridgehead atoms. The van der Waals surface area contributed by atoms with Gasteiger partial charge in [-0.2, -0.15) is 13.2 Å². The molecule has 21 heavy (non-hydrogen) atoms. The summed E-state index contributed by atoms with van der Waals surface area (Å²) in [7, 11) is 0. The highest BCUT2D eigenvalue weighted by atomic mass is 19.4. The van der Waals surface area contributed by atoms with Crippen molar-refractivity contribution in [1.29, 1.82) is 0 Å². The van der Waals surface area contributed by atoms with E-state index in [1.807, 2.05) is 0 Å². The van der Waals surface area contributed by atoms with Crippen LogP contribution in [0.2, 0.25) is 0 Å². The minimum absolute atomic E-state index is 0.102. The predicted octanol–water partition coefficient (Wildman–Crippen LogP) is 2.81. The Labute approximate surface area is 118 Å². The summed E-state index contributed by atoms with van der Waals surface area (Å²) in [4.78, 5) is 15.5. The van der Waals surface area contributed by atoms with Gasteiger partial charge in [0.15, 0.2) is 0 Å². The molecule has 0 spiro atoms. The highest BCUT2D eigenvalue weighted by Gasteiger charge is 2.30. The van der Waals surface area contributed by atoms with Crippen LogP contribution in [0.5, 0.6) is 0 Å². The highest BCUT2D eigenvalue weighted by molar-refractivity contribution is 6.03. The number of alkyl halides is 3. The van der Waals surface area contributed by atoms with Crippen LogP contribution < -0.4 is 11.1 Å². The molecule has 3 N–H and O–H groups in total. The predicted molar refractivity (Wildman–Crippen MR) is 71.5 cm³/mol. The van der Waals surface area contributed by atoms with E-state index in [0.717, 1.165) is 17.7 Å². The third-order valence-electron chi connectivity index (χ3n) is 2.81. The van der Waals surface area contributed by atoms with E-state index in [1.165, 1.54) is 0 Å². The molecule has 0 saturated heterocycles. The fraction of sp³-hybridized carbons (Fsp3) is 0.143. The monoisotopic (exact) mass is 295 g/mol. The van der Waals surface area contributed by atoms with Gasteiger partial charge in [0.1, 0.15) is 5.69 Å². The summed E-state index contributed by atoms with van der Waals surface area (Å²) >= 11 is 0. The molecule has 2 rings (SSSR count). The lowest BCUT2D eigenvalue weighted by Gasteiger charge is -2.10. The first-order valence-electron chi connectivity index (χ1n) is 6.04. The van der Waals surface area contributed by atoms with Crippen molar-refractivity contribution in [1.82, 2.24) is 4.98 Å². The third kappa shape index (κ3) is 3.57. The number of carbonyl (C=O) groups excluding carboxylic acids is 1. The number of para-hydroxylation sites is 1. The Hall–Kier alpha value is -2.41. The number of anilines is 1. The summed E-state index contributed by atoms with van der Waals surface area (Å²) in [5.41, 5.74) is 5.76. The standard InChI is InChI=1S/C14H12F3N3O/c15-14(16,17)10-5-6-12(19-8-10)13(21)20-11-4-2-1-3-9(11)7-18/h1-6,8H,7,18H2,(H,20,21). The minimum Gasteiger partial charge on any atom is -0.326 e.